The number of imidazole rings is 1. The van der Waals surface area contributed by atoms with Gasteiger partial charge in [0.05, 0.1) is 18.7 Å². The van der Waals surface area contributed by atoms with Crippen LogP contribution in [-0.2, 0) is 7.05 Å². The molecular weight excluding hydrogens is 166 g/mol. The number of hydrogen-bond donors (Lipinski definition) is 1. The van der Waals surface area contributed by atoms with Gasteiger partial charge in [0.2, 0.25) is 5.95 Å². The fourth-order valence-electron chi connectivity index (χ4n) is 1.69. The van der Waals surface area contributed by atoms with E-state index in [1.165, 1.54) is 0 Å². The van der Waals surface area contributed by atoms with Crippen molar-refractivity contribution in [1.82, 2.24) is 9.55 Å². The summed E-state index contributed by atoms with van der Waals surface area (Å²) in [6, 6.07) is 0. The first kappa shape index (κ1) is 8.56. The predicted octanol–water partition coefficient (Wildman–Crippen LogP) is 0.381. The summed E-state index contributed by atoms with van der Waals surface area (Å²) in [7, 11) is 1.96. The number of hydrogen-bond acceptors (Lipinski definition) is 3. The molecule has 0 radical (unpaired) electrons. The van der Waals surface area contributed by atoms with Crippen molar-refractivity contribution in [3.63, 3.8) is 0 Å². The average molecular weight is 181 g/mol. The van der Waals surface area contributed by atoms with Crippen molar-refractivity contribution in [2.24, 2.45) is 7.05 Å². The highest BCUT2D eigenvalue weighted by Crippen LogP contribution is 2.27. The maximum absolute atomic E-state index is 9.80. The van der Waals surface area contributed by atoms with E-state index in [1.807, 2.05) is 24.7 Å². The van der Waals surface area contributed by atoms with Gasteiger partial charge in [-0.05, 0) is 6.42 Å². The standard InChI is InChI=1S/C9H15N3O/c1-3-9(13)6-12(7-9)8-10-4-5-11(8)2/h4-5,13H,3,6-7H2,1-2H3. The van der Waals surface area contributed by atoms with Crippen LogP contribution in [0.25, 0.3) is 0 Å². The quantitative estimate of drug-likeness (QED) is 0.717. The average Bonchev–Trinajstić information content (AvgIpc) is 2.46. The zero-order chi connectivity index (χ0) is 9.47. The lowest BCUT2D eigenvalue weighted by Crippen LogP contribution is -2.62. The van der Waals surface area contributed by atoms with Crippen molar-refractivity contribution in [3.05, 3.63) is 12.4 Å². The normalized spacial score (nSPS) is 20.1. The molecule has 0 atom stereocenters. The summed E-state index contributed by atoms with van der Waals surface area (Å²) in [6.45, 7) is 3.42. The van der Waals surface area contributed by atoms with E-state index in [1.54, 1.807) is 6.20 Å². The monoisotopic (exact) mass is 181 g/mol. The molecular formula is C9H15N3O. The van der Waals surface area contributed by atoms with Gasteiger partial charge in [-0.25, -0.2) is 4.98 Å². The fourth-order valence-corrected chi connectivity index (χ4v) is 1.69. The van der Waals surface area contributed by atoms with Crippen LogP contribution in [0.2, 0.25) is 0 Å². The molecule has 1 fully saturated rings. The summed E-state index contributed by atoms with van der Waals surface area (Å²) in [5, 5.41) is 9.80. The summed E-state index contributed by atoms with van der Waals surface area (Å²) < 4.78 is 1.97. The molecule has 1 aromatic heterocycles. The van der Waals surface area contributed by atoms with Crippen molar-refractivity contribution in [2.75, 3.05) is 18.0 Å². The molecule has 72 valence electrons. The third-order valence-corrected chi connectivity index (χ3v) is 2.71. The maximum Gasteiger partial charge on any atom is 0.205 e. The SMILES string of the molecule is CCC1(O)CN(c2nccn2C)C1. The molecule has 0 aromatic carbocycles. The van der Waals surface area contributed by atoms with Crippen molar-refractivity contribution < 1.29 is 5.11 Å². The molecule has 0 amide bonds. The Morgan fingerprint density at radius 2 is 2.31 bits per heavy atom. The Hall–Kier alpha value is -1.03. The lowest BCUT2D eigenvalue weighted by atomic mass is 9.92. The molecule has 1 aromatic rings. The van der Waals surface area contributed by atoms with Crippen LogP contribution in [0.1, 0.15) is 13.3 Å². The van der Waals surface area contributed by atoms with Crippen LogP contribution >= 0.6 is 0 Å². The maximum atomic E-state index is 9.80. The van der Waals surface area contributed by atoms with Gasteiger partial charge in [-0.3, -0.25) is 0 Å². The van der Waals surface area contributed by atoms with Gasteiger partial charge >= 0.3 is 0 Å². The van der Waals surface area contributed by atoms with E-state index >= 15 is 0 Å². The van der Waals surface area contributed by atoms with Crippen LogP contribution in [0.3, 0.4) is 0 Å². The van der Waals surface area contributed by atoms with Crippen LogP contribution in [0.5, 0.6) is 0 Å². The number of aliphatic hydroxyl groups is 1. The van der Waals surface area contributed by atoms with Crippen LogP contribution in [-0.4, -0.2) is 33.3 Å². The van der Waals surface area contributed by atoms with Gasteiger partial charge in [-0.2, -0.15) is 0 Å². The largest absolute Gasteiger partial charge is 0.386 e. The molecule has 1 saturated heterocycles. The fraction of sp³-hybridized carbons (Fsp3) is 0.667. The molecule has 13 heavy (non-hydrogen) atoms. The summed E-state index contributed by atoms with van der Waals surface area (Å²) >= 11 is 0. The second-order valence-corrected chi connectivity index (χ2v) is 3.77. The van der Waals surface area contributed by atoms with Crippen LogP contribution < -0.4 is 4.90 Å². The second-order valence-electron chi connectivity index (χ2n) is 3.77. The van der Waals surface area contributed by atoms with Crippen LogP contribution in [0, 0.1) is 0 Å². The Kier molecular flexibility index (Phi) is 1.80. The second kappa shape index (κ2) is 2.73. The van der Waals surface area contributed by atoms with Crippen LogP contribution in [0.15, 0.2) is 12.4 Å². The minimum absolute atomic E-state index is 0.480. The van der Waals surface area contributed by atoms with E-state index in [9.17, 15) is 5.11 Å². The highest BCUT2D eigenvalue weighted by Gasteiger charge is 2.40. The number of aromatic nitrogens is 2. The molecule has 1 N–H and O–H groups in total. The third-order valence-electron chi connectivity index (χ3n) is 2.71. The zero-order valence-electron chi connectivity index (χ0n) is 8.06. The van der Waals surface area contributed by atoms with Gasteiger partial charge in [-0.1, -0.05) is 6.92 Å². The molecule has 1 aliphatic heterocycles. The smallest absolute Gasteiger partial charge is 0.205 e. The number of aryl methyl sites for hydroxylation is 1. The Bertz CT molecular complexity index is 302. The lowest BCUT2D eigenvalue weighted by Gasteiger charge is -2.46. The zero-order valence-corrected chi connectivity index (χ0v) is 8.06. The van der Waals surface area contributed by atoms with Gasteiger partial charge in [-0.15, -0.1) is 0 Å². The molecule has 2 heterocycles. The molecule has 0 aliphatic carbocycles. The Balaban J connectivity index is 2.05. The molecule has 1 aliphatic rings. The Morgan fingerprint density at radius 1 is 1.62 bits per heavy atom. The summed E-state index contributed by atoms with van der Waals surface area (Å²) in [4.78, 5) is 6.30. The summed E-state index contributed by atoms with van der Waals surface area (Å²) in [6.07, 6.45) is 4.51. The molecule has 0 spiro atoms. The van der Waals surface area contributed by atoms with E-state index in [-0.39, 0.29) is 0 Å². The molecule has 4 nitrogen and oxygen atoms in total. The van der Waals surface area contributed by atoms with Crippen molar-refractivity contribution in [3.8, 4) is 0 Å². The van der Waals surface area contributed by atoms with Crippen LogP contribution in [0.4, 0.5) is 5.95 Å². The molecule has 0 bridgehead atoms. The highest BCUT2D eigenvalue weighted by molar-refractivity contribution is 5.38. The predicted molar refractivity (Wildman–Crippen MR) is 50.7 cm³/mol. The van der Waals surface area contributed by atoms with E-state index in [0.29, 0.717) is 13.1 Å². The van der Waals surface area contributed by atoms with Gasteiger partial charge < -0.3 is 14.6 Å². The minimum atomic E-state index is -0.480. The minimum Gasteiger partial charge on any atom is -0.386 e. The first-order valence-corrected chi connectivity index (χ1v) is 4.59. The van der Waals surface area contributed by atoms with E-state index < -0.39 is 5.60 Å². The lowest BCUT2D eigenvalue weighted by molar-refractivity contribution is 0.00731. The summed E-state index contributed by atoms with van der Waals surface area (Å²) in [5.74, 6) is 0.943. The molecule has 0 unspecified atom stereocenters. The van der Waals surface area contributed by atoms with Crippen molar-refractivity contribution >= 4 is 5.95 Å². The Labute approximate surface area is 77.8 Å². The van der Waals surface area contributed by atoms with E-state index in [2.05, 4.69) is 9.88 Å². The molecule has 0 saturated carbocycles. The van der Waals surface area contributed by atoms with Gasteiger partial charge in [0.1, 0.15) is 0 Å². The van der Waals surface area contributed by atoms with E-state index in [0.717, 1.165) is 12.4 Å². The number of nitrogens with zero attached hydrogens (tertiary/aromatic N) is 3. The molecule has 2 rings (SSSR count). The number of rotatable bonds is 2. The number of anilines is 1. The first-order valence-electron chi connectivity index (χ1n) is 4.59. The first-order chi connectivity index (χ1) is 6.14. The topological polar surface area (TPSA) is 41.3 Å². The van der Waals surface area contributed by atoms with Gasteiger partial charge in [0.25, 0.3) is 0 Å². The van der Waals surface area contributed by atoms with E-state index in [4.69, 9.17) is 0 Å². The van der Waals surface area contributed by atoms with Gasteiger partial charge in [0, 0.05) is 19.4 Å². The summed E-state index contributed by atoms with van der Waals surface area (Å²) in [5.41, 5.74) is -0.480. The molecule has 4 heteroatoms. The Morgan fingerprint density at radius 3 is 2.77 bits per heavy atom. The highest BCUT2D eigenvalue weighted by atomic mass is 16.3. The van der Waals surface area contributed by atoms with Crippen molar-refractivity contribution in [1.29, 1.82) is 0 Å². The third kappa shape index (κ3) is 1.31. The van der Waals surface area contributed by atoms with Crippen molar-refractivity contribution in [2.45, 2.75) is 18.9 Å². The van der Waals surface area contributed by atoms with Gasteiger partial charge in [0.15, 0.2) is 0 Å². The number of β-amino-alcohol motifs (C(OH)–C–C–N with tert-alkyl or cyclic N) is 1.